The zero-order valence-electron chi connectivity index (χ0n) is 50.3. The largest absolute Gasteiger partial charge is 0.372 e. The number of unbranched alkanes of at least 4 members (excludes halogenated alkanes) is 30. The van der Waals surface area contributed by atoms with Crippen molar-refractivity contribution in [3.05, 3.63) is 88.0 Å². The minimum atomic E-state index is 0.152. The SMILES string of the molecule is CCCCCCCCN(CCCCCCCC)c1ccc(C)c(C(c2cc(N(CCCCCCCC)CCCCCCCC)ccc2C)c2cc(N(CCCCCCCC)CCCCCCCC)ccc2C)c1. The van der Waals surface area contributed by atoms with E-state index in [9.17, 15) is 0 Å². The van der Waals surface area contributed by atoms with Gasteiger partial charge in [0.1, 0.15) is 0 Å². The molecule has 0 aromatic heterocycles. The molecule has 0 fully saturated rings. The normalized spacial score (nSPS) is 11.6. The second-order valence-electron chi connectivity index (χ2n) is 23.1. The van der Waals surface area contributed by atoms with E-state index in [4.69, 9.17) is 0 Å². The standard InChI is InChI=1S/C70H121N3/c1-10-16-22-28-34-40-52-71(53-41-35-29-23-17-11-2)64-49-46-61(7)67(58-64)70(68-59-65(50-47-62(68)8)72(54-42-36-30-24-18-12-3)55-43-37-31-25-19-13-4)69-60-66(51-48-63(69)9)73(56-44-38-32-26-20-14-5)57-45-39-33-27-21-15-6/h46-51,58-60,70H,10-45,52-57H2,1-9H3. The first-order valence-electron chi connectivity index (χ1n) is 32.4. The van der Waals surface area contributed by atoms with E-state index >= 15 is 0 Å². The van der Waals surface area contributed by atoms with Gasteiger partial charge in [-0.3, -0.25) is 0 Å². The first-order chi connectivity index (χ1) is 35.8. The Labute approximate surface area is 456 Å². The van der Waals surface area contributed by atoms with Crippen LogP contribution in [0.3, 0.4) is 0 Å². The zero-order valence-corrected chi connectivity index (χ0v) is 50.3. The van der Waals surface area contributed by atoms with Crippen molar-refractivity contribution in [3.63, 3.8) is 0 Å². The third-order valence-electron chi connectivity index (χ3n) is 16.5. The highest BCUT2D eigenvalue weighted by atomic mass is 15.1. The number of rotatable bonds is 48. The maximum atomic E-state index is 2.80. The average molecular weight is 1000 g/mol. The number of hydrogen-bond donors (Lipinski definition) is 0. The van der Waals surface area contributed by atoms with E-state index in [1.54, 1.807) is 0 Å². The van der Waals surface area contributed by atoms with Crippen LogP contribution in [0.2, 0.25) is 0 Å². The molecule has 416 valence electrons. The van der Waals surface area contributed by atoms with Crippen LogP contribution in [0.25, 0.3) is 0 Å². The van der Waals surface area contributed by atoms with Crippen LogP contribution in [0.4, 0.5) is 17.1 Å². The summed E-state index contributed by atoms with van der Waals surface area (Å²) < 4.78 is 0. The lowest BCUT2D eigenvalue weighted by molar-refractivity contribution is 0.574. The van der Waals surface area contributed by atoms with Crippen molar-refractivity contribution in [3.8, 4) is 0 Å². The second-order valence-corrected chi connectivity index (χ2v) is 23.1. The smallest absolute Gasteiger partial charge is 0.0369 e. The van der Waals surface area contributed by atoms with E-state index in [0.29, 0.717) is 0 Å². The lowest BCUT2D eigenvalue weighted by atomic mass is 9.79. The molecule has 0 unspecified atom stereocenters. The van der Waals surface area contributed by atoms with Gasteiger partial charge in [-0.2, -0.15) is 0 Å². The second kappa shape index (κ2) is 42.2. The van der Waals surface area contributed by atoms with E-state index in [1.165, 1.54) is 282 Å². The molecule has 3 heteroatoms. The average Bonchev–Trinajstić information content (AvgIpc) is 3.39. The predicted octanol–water partition coefficient (Wildman–Crippen LogP) is 22.4. The Morgan fingerprint density at radius 2 is 0.425 bits per heavy atom. The van der Waals surface area contributed by atoms with Gasteiger partial charge in [0.25, 0.3) is 0 Å². The Bertz CT molecular complexity index is 1510. The Morgan fingerprint density at radius 1 is 0.247 bits per heavy atom. The highest BCUT2D eigenvalue weighted by molar-refractivity contribution is 5.63. The minimum absolute atomic E-state index is 0.152. The molecule has 0 atom stereocenters. The minimum Gasteiger partial charge on any atom is -0.372 e. The van der Waals surface area contributed by atoms with Gasteiger partial charge in [-0.25, -0.2) is 0 Å². The molecule has 0 aliphatic heterocycles. The van der Waals surface area contributed by atoms with Crippen molar-refractivity contribution in [1.29, 1.82) is 0 Å². The first kappa shape index (κ1) is 64.3. The number of nitrogens with zero attached hydrogens (tertiary/aromatic N) is 3. The molecule has 0 aliphatic rings. The summed E-state index contributed by atoms with van der Waals surface area (Å²) in [7, 11) is 0. The maximum absolute atomic E-state index is 2.80. The van der Waals surface area contributed by atoms with Crippen LogP contribution >= 0.6 is 0 Å². The number of anilines is 3. The van der Waals surface area contributed by atoms with Gasteiger partial charge in [0.2, 0.25) is 0 Å². The number of benzene rings is 3. The molecule has 3 nitrogen and oxygen atoms in total. The van der Waals surface area contributed by atoms with Gasteiger partial charge in [-0.05, 0) is 129 Å². The molecule has 0 radical (unpaired) electrons. The summed E-state index contributed by atoms with van der Waals surface area (Å²) in [5.74, 6) is 0.152. The Balaban J connectivity index is 2.21. The Hall–Kier alpha value is -2.94. The third-order valence-corrected chi connectivity index (χ3v) is 16.5. The van der Waals surface area contributed by atoms with E-state index in [0.717, 1.165) is 39.3 Å². The highest BCUT2D eigenvalue weighted by Crippen LogP contribution is 2.42. The Kier molecular flexibility index (Phi) is 37.2. The molecule has 0 saturated heterocycles. The predicted molar refractivity (Wildman–Crippen MR) is 331 cm³/mol. The lowest BCUT2D eigenvalue weighted by Crippen LogP contribution is -2.27. The van der Waals surface area contributed by atoms with Gasteiger partial charge in [0, 0.05) is 62.2 Å². The van der Waals surface area contributed by atoms with Gasteiger partial charge in [-0.1, -0.05) is 252 Å². The van der Waals surface area contributed by atoms with Gasteiger partial charge in [0.05, 0.1) is 0 Å². The molecule has 0 amide bonds. The lowest BCUT2D eigenvalue weighted by Gasteiger charge is -2.32. The fraction of sp³-hybridized carbons (Fsp3) is 0.743. The van der Waals surface area contributed by atoms with Gasteiger partial charge < -0.3 is 14.7 Å². The first-order valence-corrected chi connectivity index (χ1v) is 32.4. The Morgan fingerprint density at radius 3 is 0.616 bits per heavy atom. The summed E-state index contributed by atoms with van der Waals surface area (Å²) in [6.45, 7) is 28.3. The van der Waals surface area contributed by atoms with E-state index in [2.05, 4.69) is 132 Å². The third kappa shape index (κ3) is 26.6. The van der Waals surface area contributed by atoms with Crippen molar-refractivity contribution < 1.29 is 0 Å². The fourth-order valence-electron chi connectivity index (χ4n) is 11.5. The van der Waals surface area contributed by atoms with Crippen LogP contribution < -0.4 is 14.7 Å². The summed E-state index contributed by atoms with van der Waals surface area (Å²) in [4.78, 5) is 8.41. The summed E-state index contributed by atoms with van der Waals surface area (Å²) in [5, 5.41) is 0. The van der Waals surface area contributed by atoms with Crippen molar-refractivity contribution in [2.45, 2.75) is 299 Å². The van der Waals surface area contributed by atoms with Crippen LogP contribution in [0.15, 0.2) is 54.6 Å². The van der Waals surface area contributed by atoms with Crippen LogP contribution in [0.5, 0.6) is 0 Å². The number of hydrogen-bond acceptors (Lipinski definition) is 3. The quantitative estimate of drug-likeness (QED) is 0.0412. The highest BCUT2D eigenvalue weighted by Gasteiger charge is 2.26. The maximum Gasteiger partial charge on any atom is 0.0369 e. The van der Waals surface area contributed by atoms with Crippen LogP contribution in [-0.2, 0) is 0 Å². The van der Waals surface area contributed by atoms with Crippen molar-refractivity contribution in [1.82, 2.24) is 0 Å². The topological polar surface area (TPSA) is 9.72 Å². The molecule has 73 heavy (non-hydrogen) atoms. The summed E-state index contributed by atoms with van der Waals surface area (Å²) in [5.41, 5.74) is 13.1. The van der Waals surface area contributed by atoms with Crippen LogP contribution in [0.1, 0.15) is 312 Å². The number of aryl methyl sites for hydroxylation is 3. The molecule has 3 rings (SSSR count). The summed E-state index contributed by atoms with van der Waals surface area (Å²) >= 11 is 0. The van der Waals surface area contributed by atoms with Gasteiger partial charge >= 0.3 is 0 Å². The van der Waals surface area contributed by atoms with E-state index in [-0.39, 0.29) is 5.92 Å². The molecule has 3 aromatic rings. The van der Waals surface area contributed by atoms with E-state index in [1.807, 2.05) is 0 Å². The van der Waals surface area contributed by atoms with Crippen molar-refractivity contribution in [2.24, 2.45) is 0 Å². The summed E-state index contributed by atoms with van der Waals surface area (Å²) in [6, 6.07) is 23.0. The molecule has 0 heterocycles. The monoisotopic (exact) mass is 1000 g/mol. The fourth-order valence-corrected chi connectivity index (χ4v) is 11.5. The molecular formula is C70H121N3. The molecule has 3 aromatic carbocycles. The van der Waals surface area contributed by atoms with Gasteiger partial charge in [-0.15, -0.1) is 0 Å². The van der Waals surface area contributed by atoms with Crippen molar-refractivity contribution >= 4 is 17.1 Å². The van der Waals surface area contributed by atoms with Crippen molar-refractivity contribution in [2.75, 3.05) is 54.0 Å². The summed E-state index contributed by atoms with van der Waals surface area (Å²) in [6.07, 6.45) is 48.4. The molecule has 0 N–H and O–H groups in total. The molecule has 0 bridgehead atoms. The molecule has 0 spiro atoms. The van der Waals surface area contributed by atoms with E-state index < -0.39 is 0 Å². The molecular weight excluding hydrogens is 883 g/mol. The van der Waals surface area contributed by atoms with Crippen LogP contribution in [0, 0.1) is 20.8 Å². The molecule has 0 aliphatic carbocycles. The molecule has 0 saturated carbocycles. The van der Waals surface area contributed by atoms with Gasteiger partial charge in [0.15, 0.2) is 0 Å². The zero-order chi connectivity index (χ0) is 52.6. The van der Waals surface area contributed by atoms with Crippen LogP contribution in [-0.4, -0.2) is 39.3 Å².